The Hall–Kier alpha value is -1.48. The summed E-state index contributed by atoms with van der Waals surface area (Å²) in [5.41, 5.74) is -4.13. The average molecular weight is 421 g/mol. The molecule has 0 saturated carbocycles. The van der Waals surface area contributed by atoms with Gasteiger partial charge in [-0.05, 0) is 18.2 Å². The quantitative estimate of drug-likeness (QED) is 0.759. The van der Waals surface area contributed by atoms with Crippen molar-refractivity contribution in [1.29, 1.82) is 0 Å². The minimum Gasteiger partial charge on any atom is -0.206 e. The third kappa shape index (κ3) is 5.01. The fourth-order valence-corrected chi connectivity index (χ4v) is 4.04. The van der Waals surface area contributed by atoms with Crippen LogP contribution in [0.1, 0.15) is 18.1 Å². The van der Waals surface area contributed by atoms with E-state index in [-0.39, 0.29) is 19.1 Å². The van der Waals surface area contributed by atoms with Crippen LogP contribution in [0.4, 0.5) is 35.1 Å². The summed E-state index contributed by atoms with van der Waals surface area (Å²) >= 11 is 0. The number of alkyl halides is 8. The molecule has 0 aliphatic rings. The summed E-state index contributed by atoms with van der Waals surface area (Å²) in [7, 11) is -11.6. The van der Waals surface area contributed by atoms with Crippen molar-refractivity contribution in [2.45, 2.75) is 29.4 Å². The van der Waals surface area contributed by atoms with Gasteiger partial charge in [0.15, 0.2) is 0 Å². The van der Waals surface area contributed by atoms with E-state index in [0.29, 0.717) is 4.13 Å². The molecular formula is C10H7F8NO4S2. The first-order valence-electron chi connectivity index (χ1n) is 5.73. The van der Waals surface area contributed by atoms with Gasteiger partial charge >= 0.3 is 17.6 Å². The normalized spacial score (nSPS) is 14.6. The highest BCUT2D eigenvalue weighted by atomic mass is 32.3. The number of sulfonamides is 2. The van der Waals surface area contributed by atoms with Gasteiger partial charge in [0.05, 0.1) is 16.0 Å². The molecule has 1 aromatic carbocycles. The smallest absolute Gasteiger partial charge is 0.206 e. The lowest BCUT2D eigenvalue weighted by molar-refractivity contribution is -0.143. The number of halogens is 8. The Morgan fingerprint density at radius 1 is 0.760 bits per heavy atom. The lowest BCUT2D eigenvalue weighted by Crippen LogP contribution is -2.41. The van der Waals surface area contributed by atoms with Gasteiger partial charge < -0.3 is 0 Å². The standard InChI is InChI=1S/C10H7F8NO4S2/c1-8(11,12)25(22,23)19-24(20,21)7-3-5(9(13,14)15)2-6(4-7)10(16,17)18/h2-4,19H,1H3. The second-order valence-electron chi connectivity index (χ2n) is 4.64. The Morgan fingerprint density at radius 2 is 1.12 bits per heavy atom. The molecule has 0 bridgehead atoms. The van der Waals surface area contributed by atoms with E-state index in [0.717, 1.165) is 0 Å². The summed E-state index contributed by atoms with van der Waals surface area (Å²) in [4.78, 5) is -1.80. The summed E-state index contributed by atoms with van der Waals surface area (Å²) in [5.74, 6) is 0. The van der Waals surface area contributed by atoms with Crippen molar-refractivity contribution in [3.63, 3.8) is 0 Å². The molecule has 0 spiro atoms. The monoisotopic (exact) mass is 421 g/mol. The van der Waals surface area contributed by atoms with Crippen LogP contribution >= 0.6 is 0 Å². The molecular weight excluding hydrogens is 414 g/mol. The van der Waals surface area contributed by atoms with Crippen LogP contribution in [0.15, 0.2) is 23.1 Å². The molecule has 0 heterocycles. The van der Waals surface area contributed by atoms with Crippen molar-refractivity contribution in [1.82, 2.24) is 4.13 Å². The largest absolute Gasteiger partial charge is 0.416 e. The van der Waals surface area contributed by atoms with E-state index in [9.17, 15) is 52.0 Å². The number of hydrogen-bond donors (Lipinski definition) is 1. The fourth-order valence-electron chi connectivity index (χ4n) is 1.35. The van der Waals surface area contributed by atoms with Crippen LogP contribution in [-0.4, -0.2) is 22.1 Å². The van der Waals surface area contributed by atoms with Crippen LogP contribution in [0.5, 0.6) is 0 Å². The number of nitrogens with one attached hydrogen (secondary N) is 1. The van der Waals surface area contributed by atoms with Gasteiger partial charge in [-0.15, -0.1) is 0 Å². The minimum atomic E-state index is -5.93. The van der Waals surface area contributed by atoms with Crippen molar-refractivity contribution in [2.75, 3.05) is 0 Å². The van der Waals surface area contributed by atoms with E-state index in [1.807, 2.05) is 0 Å². The van der Waals surface area contributed by atoms with Gasteiger partial charge in [0.2, 0.25) is 0 Å². The predicted octanol–water partition coefficient (Wildman–Crippen LogP) is 2.95. The fraction of sp³-hybridized carbons (Fsp3) is 0.400. The molecule has 5 nitrogen and oxygen atoms in total. The van der Waals surface area contributed by atoms with Gasteiger partial charge in [-0.25, -0.2) is 16.8 Å². The zero-order valence-corrected chi connectivity index (χ0v) is 13.3. The molecule has 0 saturated heterocycles. The molecule has 1 rings (SSSR count). The third-order valence-electron chi connectivity index (χ3n) is 2.56. The van der Waals surface area contributed by atoms with E-state index in [1.165, 1.54) is 0 Å². The van der Waals surface area contributed by atoms with Crippen molar-refractivity contribution >= 4 is 20.0 Å². The van der Waals surface area contributed by atoms with Gasteiger partial charge in [0, 0.05) is 6.92 Å². The second-order valence-corrected chi connectivity index (χ2v) is 8.51. The van der Waals surface area contributed by atoms with Gasteiger partial charge in [-0.1, -0.05) is 4.13 Å². The first-order valence-corrected chi connectivity index (χ1v) is 8.69. The Balaban J connectivity index is 3.61. The highest BCUT2D eigenvalue weighted by Crippen LogP contribution is 2.37. The summed E-state index contributed by atoms with van der Waals surface area (Å²) in [6.07, 6.45) is -10.8. The maximum Gasteiger partial charge on any atom is 0.416 e. The van der Waals surface area contributed by atoms with Crippen LogP contribution in [-0.2, 0) is 32.4 Å². The second kappa shape index (κ2) is 6.05. The van der Waals surface area contributed by atoms with E-state index in [4.69, 9.17) is 0 Å². The summed E-state index contributed by atoms with van der Waals surface area (Å²) in [6.45, 7) is -0.238. The molecule has 0 radical (unpaired) electrons. The lowest BCUT2D eigenvalue weighted by atomic mass is 10.1. The molecule has 144 valence electrons. The number of hydrogen-bond acceptors (Lipinski definition) is 4. The molecule has 0 aliphatic heterocycles. The number of rotatable bonds is 4. The van der Waals surface area contributed by atoms with Crippen molar-refractivity contribution in [2.24, 2.45) is 0 Å². The van der Waals surface area contributed by atoms with E-state index >= 15 is 0 Å². The minimum absolute atomic E-state index is 0.238. The van der Waals surface area contributed by atoms with Gasteiger partial charge in [-0.2, -0.15) is 35.1 Å². The highest BCUT2D eigenvalue weighted by Gasteiger charge is 2.44. The predicted molar refractivity (Wildman–Crippen MR) is 66.3 cm³/mol. The molecule has 25 heavy (non-hydrogen) atoms. The first kappa shape index (κ1) is 21.6. The van der Waals surface area contributed by atoms with Crippen molar-refractivity contribution in [3.8, 4) is 0 Å². The van der Waals surface area contributed by atoms with Crippen LogP contribution in [0.25, 0.3) is 0 Å². The molecule has 0 aromatic heterocycles. The number of benzene rings is 1. The molecule has 0 unspecified atom stereocenters. The Morgan fingerprint density at radius 3 is 1.40 bits per heavy atom. The van der Waals surface area contributed by atoms with Crippen LogP contribution in [0.3, 0.4) is 0 Å². The zero-order chi connectivity index (χ0) is 20.1. The SMILES string of the molecule is CC(F)(F)S(=O)(=O)NS(=O)(=O)c1cc(C(F)(F)F)cc(C(F)(F)F)c1. The van der Waals surface area contributed by atoms with Crippen LogP contribution in [0, 0.1) is 0 Å². The summed E-state index contributed by atoms with van der Waals surface area (Å²) in [6, 6.07) is -1.05. The Labute approximate surface area is 135 Å². The van der Waals surface area contributed by atoms with E-state index in [2.05, 4.69) is 0 Å². The summed E-state index contributed by atoms with van der Waals surface area (Å²) in [5, 5.41) is -4.67. The maximum absolute atomic E-state index is 12.8. The van der Waals surface area contributed by atoms with Gasteiger partial charge in [0.25, 0.3) is 20.0 Å². The molecule has 0 aliphatic carbocycles. The van der Waals surface area contributed by atoms with E-state index < -0.39 is 59.7 Å². The van der Waals surface area contributed by atoms with Crippen molar-refractivity contribution in [3.05, 3.63) is 29.3 Å². The summed E-state index contributed by atoms with van der Waals surface area (Å²) < 4.78 is 147. The molecule has 1 aromatic rings. The Bertz CT molecular complexity index is 833. The zero-order valence-electron chi connectivity index (χ0n) is 11.7. The van der Waals surface area contributed by atoms with Crippen LogP contribution < -0.4 is 4.13 Å². The Kier molecular flexibility index (Phi) is 5.22. The van der Waals surface area contributed by atoms with Crippen LogP contribution in [0.2, 0.25) is 0 Å². The molecule has 15 heteroatoms. The molecule has 0 amide bonds. The molecule has 0 fully saturated rings. The first-order chi connectivity index (χ1) is 10.8. The van der Waals surface area contributed by atoms with Gasteiger partial charge in [-0.3, -0.25) is 0 Å². The average Bonchev–Trinajstić information content (AvgIpc) is 2.33. The third-order valence-corrected chi connectivity index (χ3v) is 6.12. The van der Waals surface area contributed by atoms with E-state index in [1.54, 1.807) is 0 Å². The molecule has 1 N–H and O–H groups in total. The molecule has 0 atom stereocenters. The maximum atomic E-state index is 12.8. The topological polar surface area (TPSA) is 80.3 Å². The lowest BCUT2D eigenvalue weighted by Gasteiger charge is -2.16. The highest BCUT2D eigenvalue weighted by molar-refractivity contribution is 8.05. The van der Waals surface area contributed by atoms with Crippen molar-refractivity contribution < 1.29 is 52.0 Å². The van der Waals surface area contributed by atoms with Gasteiger partial charge in [0.1, 0.15) is 0 Å².